The van der Waals surface area contributed by atoms with Crippen molar-refractivity contribution in [1.82, 2.24) is 24.8 Å². The molecule has 3 rings (SSSR count). The first kappa shape index (κ1) is 18.7. The summed E-state index contributed by atoms with van der Waals surface area (Å²) in [6.07, 6.45) is -3.42. The van der Waals surface area contributed by atoms with Crippen molar-refractivity contribution in [3.05, 3.63) is 65.6 Å². The molecule has 0 saturated heterocycles. The number of halogens is 3. The number of pyridine rings is 1. The van der Waals surface area contributed by atoms with Gasteiger partial charge >= 0.3 is 6.18 Å². The van der Waals surface area contributed by atoms with Crippen LogP contribution in [-0.4, -0.2) is 39.6 Å². The van der Waals surface area contributed by atoms with Crippen molar-refractivity contribution in [1.29, 1.82) is 0 Å². The number of hydrogen-bond acceptors (Lipinski definition) is 3. The third kappa shape index (κ3) is 4.55. The van der Waals surface area contributed by atoms with E-state index in [9.17, 15) is 13.2 Å². The van der Waals surface area contributed by atoms with E-state index in [2.05, 4.69) is 20.5 Å². The molecule has 1 aromatic carbocycles. The highest BCUT2D eigenvalue weighted by molar-refractivity contribution is 5.79. The molecule has 2 aromatic heterocycles. The van der Waals surface area contributed by atoms with Crippen LogP contribution in [-0.2, 0) is 19.3 Å². The van der Waals surface area contributed by atoms with E-state index < -0.39 is 11.7 Å². The van der Waals surface area contributed by atoms with Crippen LogP contribution in [0.1, 0.15) is 17.0 Å². The van der Waals surface area contributed by atoms with E-state index in [1.54, 1.807) is 4.90 Å². The quantitative estimate of drug-likeness (QED) is 0.562. The molecule has 3 aromatic rings. The first-order valence-electron chi connectivity index (χ1n) is 8.25. The molecule has 0 radical (unpaired) electrons. The van der Waals surface area contributed by atoms with Crippen molar-refractivity contribution < 1.29 is 13.2 Å². The average Bonchev–Trinajstić information content (AvgIpc) is 3.04. The number of nitrogens with one attached hydrogen (secondary N) is 1. The average molecular weight is 376 g/mol. The van der Waals surface area contributed by atoms with Crippen LogP contribution >= 0.6 is 0 Å². The van der Waals surface area contributed by atoms with Gasteiger partial charge in [0.1, 0.15) is 0 Å². The molecule has 0 aliphatic rings. The molecule has 0 atom stereocenters. The third-order valence-electron chi connectivity index (χ3n) is 3.88. The zero-order valence-electron chi connectivity index (χ0n) is 14.9. The summed E-state index contributed by atoms with van der Waals surface area (Å²) in [5.74, 6) is 0.966. The zero-order chi connectivity index (χ0) is 19.4. The van der Waals surface area contributed by atoms with Crippen LogP contribution in [0.25, 0.3) is 5.65 Å². The minimum atomic E-state index is -4.42. The molecule has 0 unspecified atom stereocenters. The smallest absolute Gasteiger partial charge is 0.349 e. The maximum atomic E-state index is 12.9. The zero-order valence-corrected chi connectivity index (χ0v) is 14.9. The van der Waals surface area contributed by atoms with Crippen LogP contribution < -0.4 is 5.32 Å². The van der Waals surface area contributed by atoms with E-state index in [4.69, 9.17) is 0 Å². The first-order valence-corrected chi connectivity index (χ1v) is 8.25. The van der Waals surface area contributed by atoms with Gasteiger partial charge in [-0.15, -0.1) is 10.2 Å². The summed E-state index contributed by atoms with van der Waals surface area (Å²) >= 11 is 0. The van der Waals surface area contributed by atoms with Crippen molar-refractivity contribution in [3.8, 4) is 0 Å². The molecule has 0 fully saturated rings. The lowest BCUT2D eigenvalue weighted by molar-refractivity contribution is -0.137. The SMILES string of the molecule is CN(C)C(=NCc1ccccc1)NCc1nnc2ccc(C(F)(F)F)cn12. The lowest BCUT2D eigenvalue weighted by Crippen LogP contribution is -2.36. The van der Waals surface area contributed by atoms with Gasteiger partial charge < -0.3 is 10.2 Å². The van der Waals surface area contributed by atoms with Crippen LogP contribution in [0.3, 0.4) is 0 Å². The molecule has 6 nitrogen and oxygen atoms in total. The van der Waals surface area contributed by atoms with Crippen LogP contribution in [0, 0.1) is 0 Å². The molecule has 0 amide bonds. The Morgan fingerprint density at radius 3 is 2.52 bits per heavy atom. The molecule has 0 spiro atoms. The van der Waals surface area contributed by atoms with Crippen molar-refractivity contribution in [2.75, 3.05) is 14.1 Å². The van der Waals surface area contributed by atoms with E-state index in [0.717, 1.165) is 17.8 Å². The largest absolute Gasteiger partial charge is 0.417 e. The Labute approximate surface area is 154 Å². The molecule has 2 heterocycles. The summed E-state index contributed by atoms with van der Waals surface area (Å²) in [5.41, 5.74) is 0.662. The third-order valence-corrected chi connectivity index (χ3v) is 3.88. The maximum absolute atomic E-state index is 12.9. The van der Waals surface area contributed by atoms with Crippen LogP contribution in [0.5, 0.6) is 0 Å². The second-order valence-corrected chi connectivity index (χ2v) is 6.13. The molecular weight excluding hydrogens is 357 g/mol. The number of benzene rings is 1. The lowest BCUT2D eigenvalue weighted by atomic mass is 10.2. The summed E-state index contributed by atoms with van der Waals surface area (Å²) < 4.78 is 40.2. The number of aliphatic imine (C=N–C) groups is 1. The van der Waals surface area contributed by atoms with Gasteiger partial charge in [0.2, 0.25) is 0 Å². The Morgan fingerprint density at radius 1 is 1.11 bits per heavy atom. The van der Waals surface area contributed by atoms with E-state index in [1.807, 2.05) is 44.4 Å². The molecule has 0 bridgehead atoms. The molecule has 142 valence electrons. The van der Waals surface area contributed by atoms with E-state index in [-0.39, 0.29) is 6.54 Å². The van der Waals surface area contributed by atoms with Crippen LogP contribution in [0.15, 0.2) is 53.7 Å². The monoisotopic (exact) mass is 376 g/mol. The van der Waals surface area contributed by atoms with Gasteiger partial charge in [-0.1, -0.05) is 30.3 Å². The highest BCUT2D eigenvalue weighted by Gasteiger charge is 2.31. The van der Waals surface area contributed by atoms with Gasteiger partial charge in [0.25, 0.3) is 0 Å². The van der Waals surface area contributed by atoms with Crippen molar-refractivity contribution in [3.63, 3.8) is 0 Å². The first-order chi connectivity index (χ1) is 12.8. The second kappa shape index (κ2) is 7.65. The van der Waals surface area contributed by atoms with Gasteiger partial charge in [0.15, 0.2) is 17.4 Å². The summed E-state index contributed by atoms with van der Waals surface area (Å²) in [5, 5.41) is 11.0. The molecule has 0 aliphatic heterocycles. The van der Waals surface area contributed by atoms with Crippen molar-refractivity contribution in [2.45, 2.75) is 19.3 Å². The van der Waals surface area contributed by atoms with E-state index in [1.165, 1.54) is 10.5 Å². The Morgan fingerprint density at radius 2 is 1.85 bits per heavy atom. The van der Waals surface area contributed by atoms with Gasteiger partial charge in [-0.3, -0.25) is 4.40 Å². The number of hydrogen-bond donors (Lipinski definition) is 1. The number of rotatable bonds is 4. The van der Waals surface area contributed by atoms with Gasteiger partial charge in [-0.05, 0) is 17.7 Å². The minimum absolute atomic E-state index is 0.189. The summed E-state index contributed by atoms with van der Waals surface area (Å²) in [6.45, 7) is 0.675. The molecule has 9 heteroatoms. The summed E-state index contributed by atoms with van der Waals surface area (Å²) in [7, 11) is 3.67. The Hall–Kier alpha value is -3.10. The fraction of sp³-hybridized carbons (Fsp3) is 0.278. The Balaban J connectivity index is 1.77. The molecular formula is C18H19F3N6. The standard InChI is InChI=1S/C18H19F3N6/c1-26(2)17(22-10-13-6-4-3-5-7-13)23-11-16-25-24-15-9-8-14(12-27(15)16)18(19,20)21/h3-9,12H,10-11H2,1-2H3,(H,22,23). The van der Waals surface area contributed by atoms with Crippen LogP contribution in [0.2, 0.25) is 0 Å². The van der Waals surface area contributed by atoms with Crippen LogP contribution in [0.4, 0.5) is 13.2 Å². The molecule has 0 aliphatic carbocycles. The van der Waals surface area contributed by atoms with Crippen molar-refractivity contribution in [2.24, 2.45) is 4.99 Å². The number of fused-ring (bicyclic) bond motifs is 1. The normalized spacial score (nSPS) is 12.4. The Kier molecular flexibility index (Phi) is 5.29. The van der Waals surface area contributed by atoms with Gasteiger partial charge in [0.05, 0.1) is 18.7 Å². The molecule has 1 N–H and O–H groups in total. The lowest BCUT2D eigenvalue weighted by Gasteiger charge is -2.17. The maximum Gasteiger partial charge on any atom is 0.417 e. The fourth-order valence-electron chi connectivity index (χ4n) is 2.49. The van der Waals surface area contributed by atoms with E-state index in [0.29, 0.717) is 24.0 Å². The highest BCUT2D eigenvalue weighted by Crippen LogP contribution is 2.29. The minimum Gasteiger partial charge on any atom is -0.349 e. The van der Waals surface area contributed by atoms with E-state index >= 15 is 0 Å². The number of nitrogens with zero attached hydrogens (tertiary/aromatic N) is 5. The molecule has 0 saturated carbocycles. The summed E-state index contributed by atoms with van der Waals surface area (Å²) in [6, 6.07) is 12.1. The number of alkyl halides is 3. The van der Waals surface area contributed by atoms with Gasteiger partial charge in [0, 0.05) is 20.3 Å². The fourth-order valence-corrected chi connectivity index (χ4v) is 2.49. The predicted molar refractivity (Wildman–Crippen MR) is 96.1 cm³/mol. The second-order valence-electron chi connectivity index (χ2n) is 6.13. The Bertz CT molecular complexity index is 931. The van der Waals surface area contributed by atoms with Gasteiger partial charge in [-0.25, -0.2) is 4.99 Å². The topological polar surface area (TPSA) is 57.8 Å². The van der Waals surface area contributed by atoms with Gasteiger partial charge in [-0.2, -0.15) is 13.2 Å². The van der Waals surface area contributed by atoms with Crippen molar-refractivity contribution >= 4 is 11.6 Å². The highest BCUT2D eigenvalue weighted by atomic mass is 19.4. The number of aromatic nitrogens is 3. The summed E-state index contributed by atoms with van der Waals surface area (Å²) in [4.78, 5) is 6.32. The molecule has 27 heavy (non-hydrogen) atoms. The number of guanidine groups is 1. The predicted octanol–water partition coefficient (Wildman–Crippen LogP) is 2.96.